The van der Waals surface area contributed by atoms with Crippen molar-refractivity contribution in [2.75, 3.05) is 33.8 Å². The molecule has 1 N–H and O–H groups in total. The molecule has 0 amide bonds. The summed E-state index contributed by atoms with van der Waals surface area (Å²) in [6.45, 7) is 9.04. The SMILES string of the molecule is CNC(C)(CCCN1C[C@@H](C)O[C@@H](C)C1)C(=O)OC. The Hall–Kier alpha value is -0.650. The highest BCUT2D eigenvalue weighted by atomic mass is 16.5. The van der Waals surface area contributed by atoms with Crippen LogP contribution < -0.4 is 5.32 Å². The number of hydrogen-bond acceptors (Lipinski definition) is 5. The number of esters is 1. The predicted octanol–water partition coefficient (Wildman–Crippen LogP) is 1.03. The normalized spacial score (nSPS) is 27.8. The molecular weight excluding hydrogens is 244 g/mol. The fraction of sp³-hybridized carbons (Fsp3) is 0.929. The minimum atomic E-state index is -0.585. The van der Waals surface area contributed by atoms with Gasteiger partial charge in [0.1, 0.15) is 5.54 Å². The van der Waals surface area contributed by atoms with Gasteiger partial charge < -0.3 is 14.8 Å². The summed E-state index contributed by atoms with van der Waals surface area (Å²) in [7, 11) is 3.24. The van der Waals surface area contributed by atoms with Crippen LogP contribution in [0.25, 0.3) is 0 Å². The van der Waals surface area contributed by atoms with Gasteiger partial charge in [-0.2, -0.15) is 0 Å². The van der Waals surface area contributed by atoms with Crippen LogP contribution in [0.1, 0.15) is 33.6 Å². The van der Waals surface area contributed by atoms with Crippen LogP contribution in [0.4, 0.5) is 0 Å². The maximum Gasteiger partial charge on any atom is 0.325 e. The number of ether oxygens (including phenoxy) is 2. The number of carbonyl (C=O) groups is 1. The summed E-state index contributed by atoms with van der Waals surface area (Å²) in [6, 6.07) is 0. The Morgan fingerprint density at radius 3 is 2.47 bits per heavy atom. The molecule has 1 saturated heterocycles. The molecular formula is C14H28N2O3. The van der Waals surface area contributed by atoms with Crippen molar-refractivity contribution < 1.29 is 14.3 Å². The van der Waals surface area contributed by atoms with E-state index in [0.29, 0.717) is 12.2 Å². The van der Waals surface area contributed by atoms with E-state index >= 15 is 0 Å². The number of likely N-dealkylation sites (N-methyl/N-ethyl adjacent to an activating group) is 1. The van der Waals surface area contributed by atoms with Crippen molar-refractivity contribution >= 4 is 5.97 Å². The van der Waals surface area contributed by atoms with E-state index in [9.17, 15) is 4.79 Å². The smallest absolute Gasteiger partial charge is 0.325 e. The molecule has 0 aromatic carbocycles. The quantitative estimate of drug-likeness (QED) is 0.732. The van der Waals surface area contributed by atoms with Crippen LogP contribution in [0.3, 0.4) is 0 Å². The lowest BCUT2D eigenvalue weighted by Crippen LogP contribution is -2.49. The van der Waals surface area contributed by atoms with E-state index < -0.39 is 5.54 Å². The van der Waals surface area contributed by atoms with Gasteiger partial charge in [-0.05, 0) is 47.2 Å². The van der Waals surface area contributed by atoms with Crippen LogP contribution in [0.5, 0.6) is 0 Å². The first-order valence-electron chi connectivity index (χ1n) is 7.06. The second kappa shape index (κ2) is 7.22. The van der Waals surface area contributed by atoms with E-state index in [4.69, 9.17) is 9.47 Å². The summed E-state index contributed by atoms with van der Waals surface area (Å²) in [6.07, 6.45) is 2.32. The molecule has 3 atom stereocenters. The summed E-state index contributed by atoms with van der Waals surface area (Å²) in [5.41, 5.74) is -0.585. The zero-order valence-electron chi connectivity index (χ0n) is 12.9. The lowest BCUT2D eigenvalue weighted by molar-refractivity contribution is -0.148. The number of carbonyl (C=O) groups excluding carboxylic acids is 1. The number of methoxy groups -OCH3 is 1. The van der Waals surface area contributed by atoms with Crippen molar-refractivity contribution in [3.8, 4) is 0 Å². The monoisotopic (exact) mass is 272 g/mol. The van der Waals surface area contributed by atoms with E-state index in [0.717, 1.165) is 32.5 Å². The molecule has 0 aliphatic carbocycles. The van der Waals surface area contributed by atoms with Crippen LogP contribution in [-0.4, -0.2) is 62.4 Å². The molecule has 0 aromatic heterocycles. The van der Waals surface area contributed by atoms with E-state index in [1.165, 1.54) is 7.11 Å². The molecule has 1 heterocycles. The number of nitrogens with one attached hydrogen (secondary N) is 1. The highest BCUT2D eigenvalue weighted by Crippen LogP contribution is 2.16. The molecule has 19 heavy (non-hydrogen) atoms. The molecule has 1 rings (SSSR count). The second-order valence-corrected chi connectivity index (χ2v) is 5.69. The van der Waals surface area contributed by atoms with Crippen molar-refractivity contribution in [2.45, 2.75) is 51.4 Å². The third-order valence-electron chi connectivity index (χ3n) is 3.83. The summed E-state index contributed by atoms with van der Waals surface area (Å²) in [5.74, 6) is -0.196. The first-order chi connectivity index (χ1) is 8.91. The minimum Gasteiger partial charge on any atom is -0.468 e. The zero-order valence-corrected chi connectivity index (χ0v) is 12.9. The fourth-order valence-corrected chi connectivity index (χ4v) is 2.68. The standard InChI is InChI=1S/C14H28N2O3/c1-11-9-16(10-12(2)19-11)8-6-7-14(3,15-4)13(17)18-5/h11-12,15H,6-10H2,1-5H3/t11-,12+,14?. The van der Waals surface area contributed by atoms with Crippen LogP contribution in [-0.2, 0) is 14.3 Å². The summed E-state index contributed by atoms with van der Waals surface area (Å²) >= 11 is 0. The Kier molecular flexibility index (Phi) is 6.23. The van der Waals surface area contributed by atoms with Gasteiger partial charge in [-0.3, -0.25) is 9.69 Å². The van der Waals surface area contributed by atoms with Gasteiger partial charge in [0.2, 0.25) is 0 Å². The third-order valence-corrected chi connectivity index (χ3v) is 3.83. The lowest BCUT2D eigenvalue weighted by Gasteiger charge is -2.36. The first-order valence-corrected chi connectivity index (χ1v) is 7.06. The van der Waals surface area contributed by atoms with Crippen molar-refractivity contribution in [1.82, 2.24) is 10.2 Å². The Labute approximate surface area is 116 Å². The van der Waals surface area contributed by atoms with Gasteiger partial charge in [0.15, 0.2) is 0 Å². The van der Waals surface area contributed by atoms with E-state index in [1.54, 1.807) is 7.05 Å². The van der Waals surface area contributed by atoms with E-state index in [2.05, 4.69) is 24.1 Å². The van der Waals surface area contributed by atoms with Crippen LogP contribution in [0.2, 0.25) is 0 Å². The van der Waals surface area contributed by atoms with E-state index in [-0.39, 0.29) is 5.97 Å². The minimum absolute atomic E-state index is 0.196. The summed E-state index contributed by atoms with van der Waals surface area (Å²) in [5, 5.41) is 3.07. The lowest BCUT2D eigenvalue weighted by atomic mass is 9.96. The van der Waals surface area contributed by atoms with Crippen LogP contribution in [0, 0.1) is 0 Å². The van der Waals surface area contributed by atoms with Gasteiger partial charge in [-0.25, -0.2) is 0 Å². The van der Waals surface area contributed by atoms with Crippen molar-refractivity contribution in [1.29, 1.82) is 0 Å². The number of rotatable bonds is 6. The second-order valence-electron chi connectivity index (χ2n) is 5.69. The molecule has 0 radical (unpaired) electrons. The van der Waals surface area contributed by atoms with Gasteiger partial charge in [0.05, 0.1) is 19.3 Å². The van der Waals surface area contributed by atoms with Crippen molar-refractivity contribution in [2.24, 2.45) is 0 Å². The first kappa shape index (κ1) is 16.4. The molecule has 0 spiro atoms. The molecule has 1 unspecified atom stereocenters. The molecule has 0 bridgehead atoms. The zero-order chi connectivity index (χ0) is 14.5. The average molecular weight is 272 g/mol. The average Bonchev–Trinajstić information content (AvgIpc) is 2.36. The predicted molar refractivity (Wildman–Crippen MR) is 75.2 cm³/mol. The number of nitrogens with zero attached hydrogens (tertiary/aromatic N) is 1. The number of hydrogen-bond donors (Lipinski definition) is 1. The maximum absolute atomic E-state index is 11.7. The largest absolute Gasteiger partial charge is 0.468 e. The van der Waals surface area contributed by atoms with Gasteiger partial charge >= 0.3 is 5.97 Å². The van der Waals surface area contributed by atoms with Gasteiger partial charge in [0, 0.05) is 13.1 Å². The molecule has 1 aliphatic heterocycles. The van der Waals surface area contributed by atoms with E-state index in [1.807, 2.05) is 6.92 Å². The molecule has 5 heteroatoms. The Morgan fingerprint density at radius 1 is 1.42 bits per heavy atom. The van der Waals surface area contributed by atoms with Gasteiger partial charge in [0.25, 0.3) is 0 Å². The van der Waals surface area contributed by atoms with Gasteiger partial charge in [-0.15, -0.1) is 0 Å². The molecule has 0 saturated carbocycles. The van der Waals surface area contributed by atoms with Crippen molar-refractivity contribution in [3.63, 3.8) is 0 Å². The molecule has 1 fully saturated rings. The van der Waals surface area contributed by atoms with Crippen LogP contribution in [0.15, 0.2) is 0 Å². The van der Waals surface area contributed by atoms with Crippen molar-refractivity contribution in [3.05, 3.63) is 0 Å². The third kappa shape index (κ3) is 4.75. The Morgan fingerprint density at radius 2 is 2.00 bits per heavy atom. The number of morpholine rings is 1. The summed E-state index contributed by atoms with van der Waals surface area (Å²) in [4.78, 5) is 14.1. The molecule has 112 valence electrons. The molecule has 1 aliphatic rings. The Balaban J connectivity index is 2.38. The van der Waals surface area contributed by atoms with Crippen LogP contribution >= 0.6 is 0 Å². The molecule has 5 nitrogen and oxygen atoms in total. The fourth-order valence-electron chi connectivity index (χ4n) is 2.68. The highest BCUT2D eigenvalue weighted by molar-refractivity contribution is 5.80. The Bertz CT molecular complexity index is 288. The summed E-state index contributed by atoms with van der Waals surface area (Å²) < 4.78 is 10.6. The maximum atomic E-state index is 11.7. The van der Waals surface area contributed by atoms with Gasteiger partial charge in [-0.1, -0.05) is 0 Å². The highest BCUT2D eigenvalue weighted by Gasteiger charge is 2.32. The topological polar surface area (TPSA) is 50.8 Å². The molecule has 0 aromatic rings.